The summed E-state index contributed by atoms with van der Waals surface area (Å²) in [5, 5.41) is 11.3. The standard InChI is InChI=1S/C23H28FNO2/c1-27-19-11-9-17(10-12-19)22-20-7-4-5-13-23(20,26)14-15-25(22)16-18-6-2-3-8-21(18)24/h2-3,6,8-12,20,22,26H,4-5,7,13-16H2,1H3/t20-,22+,23-/m1/s1. The van der Waals surface area contributed by atoms with E-state index in [2.05, 4.69) is 17.0 Å². The SMILES string of the molecule is COc1ccc([C@H]2[C@H]3CCCC[C@@]3(O)CCN2Cc2ccccc2F)cc1. The van der Waals surface area contributed by atoms with Crippen LogP contribution in [0.4, 0.5) is 4.39 Å². The molecule has 1 heterocycles. The largest absolute Gasteiger partial charge is 0.497 e. The average Bonchev–Trinajstić information content (AvgIpc) is 2.70. The van der Waals surface area contributed by atoms with E-state index in [0.717, 1.165) is 50.0 Å². The predicted octanol–water partition coefficient (Wildman–Crippen LogP) is 4.70. The molecule has 3 atom stereocenters. The van der Waals surface area contributed by atoms with Crippen LogP contribution in [0.2, 0.25) is 0 Å². The Labute approximate surface area is 160 Å². The van der Waals surface area contributed by atoms with Gasteiger partial charge in [0.15, 0.2) is 0 Å². The van der Waals surface area contributed by atoms with Crippen molar-refractivity contribution in [3.8, 4) is 5.75 Å². The fourth-order valence-corrected chi connectivity index (χ4v) is 5.01. The molecular weight excluding hydrogens is 341 g/mol. The molecule has 0 aromatic heterocycles. The number of hydrogen-bond donors (Lipinski definition) is 1. The van der Waals surface area contributed by atoms with Gasteiger partial charge in [0, 0.05) is 30.6 Å². The minimum absolute atomic E-state index is 0.0922. The molecule has 27 heavy (non-hydrogen) atoms. The number of nitrogens with zero attached hydrogens (tertiary/aromatic N) is 1. The van der Waals surface area contributed by atoms with Crippen molar-refractivity contribution in [1.29, 1.82) is 0 Å². The molecule has 0 bridgehead atoms. The molecule has 0 amide bonds. The molecule has 2 fully saturated rings. The van der Waals surface area contributed by atoms with E-state index in [1.165, 1.54) is 11.6 Å². The molecule has 1 saturated carbocycles. The number of rotatable bonds is 4. The number of halogens is 1. The van der Waals surface area contributed by atoms with Crippen LogP contribution in [0.15, 0.2) is 48.5 Å². The van der Waals surface area contributed by atoms with Crippen LogP contribution in [0.3, 0.4) is 0 Å². The molecule has 144 valence electrons. The average molecular weight is 369 g/mol. The van der Waals surface area contributed by atoms with Crippen molar-refractivity contribution in [3.05, 3.63) is 65.5 Å². The number of hydrogen-bond acceptors (Lipinski definition) is 3. The summed E-state index contributed by atoms with van der Waals surface area (Å²) in [7, 11) is 1.67. The summed E-state index contributed by atoms with van der Waals surface area (Å²) < 4.78 is 19.6. The van der Waals surface area contributed by atoms with Crippen LogP contribution in [-0.4, -0.2) is 29.3 Å². The first-order chi connectivity index (χ1) is 13.1. The smallest absolute Gasteiger partial charge is 0.127 e. The molecule has 0 radical (unpaired) electrons. The second-order valence-electron chi connectivity index (χ2n) is 7.99. The molecule has 1 aliphatic heterocycles. The molecule has 0 spiro atoms. The molecule has 0 unspecified atom stereocenters. The van der Waals surface area contributed by atoms with Crippen LogP contribution in [0.5, 0.6) is 5.75 Å². The number of piperidine rings is 1. The zero-order valence-electron chi connectivity index (χ0n) is 15.9. The summed E-state index contributed by atoms with van der Waals surface area (Å²) in [5.41, 5.74) is 1.30. The van der Waals surface area contributed by atoms with Gasteiger partial charge in [-0.2, -0.15) is 0 Å². The van der Waals surface area contributed by atoms with Crippen LogP contribution in [0, 0.1) is 11.7 Å². The summed E-state index contributed by atoms with van der Waals surface area (Å²) in [6.45, 7) is 1.34. The predicted molar refractivity (Wildman–Crippen MR) is 104 cm³/mol. The maximum absolute atomic E-state index is 14.3. The molecule has 2 aliphatic rings. The van der Waals surface area contributed by atoms with E-state index in [0.29, 0.717) is 6.54 Å². The monoisotopic (exact) mass is 369 g/mol. The maximum atomic E-state index is 14.3. The number of aliphatic hydroxyl groups is 1. The molecular formula is C23H28FNO2. The Kier molecular flexibility index (Phi) is 5.20. The molecule has 1 saturated heterocycles. The topological polar surface area (TPSA) is 32.7 Å². The van der Waals surface area contributed by atoms with Gasteiger partial charge in [-0.1, -0.05) is 43.2 Å². The van der Waals surface area contributed by atoms with Gasteiger partial charge in [-0.15, -0.1) is 0 Å². The van der Waals surface area contributed by atoms with Crippen LogP contribution in [-0.2, 0) is 6.54 Å². The third-order valence-corrected chi connectivity index (χ3v) is 6.46. The first kappa shape index (κ1) is 18.5. The van der Waals surface area contributed by atoms with E-state index < -0.39 is 5.60 Å². The van der Waals surface area contributed by atoms with Crippen molar-refractivity contribution >= 4 is 0 Å². The molecule has 1 N–H and O–H groups in total. The normalized spacial score (nSPS) is 28.6. The Morgan fingerprint density at radius 1 is 1.11 bits per heavy atom. The molecule has 1 aliphatic carbocycles. The van der Waals surface area contributed by atoms with Crippen molar-refractivity contribution in [2.45, 2.75) is 50.3 Å². The fraction of sp³-hybridized carbons (Fsp3) is 0.478. The summed E-state index contributed by atoms with van der Waals surface area (Å²) >= 11 is 0. The molecule has 4 heteroatoms. The van der Waals surface area contributed by atoms with Gasteiger partial charge in [-0.05, 0) is 43.0 Å². The third-order valence-electron chi connectivity index (χ3n) is 6.46. The second-order valence-corrected chi connectivity index (χ2v) is 7.99. The Morgan fingerprint density at radius 3 is 2.63 bits per heavy atom. The number of methoxy groups -OCH3 is 1. The number of fused-ring (bicyclic) bond motifs is 1. The lowest BCUT2D eigenvalue weighted by atomic mass is 9.66. The number of benzene rings is 2. The van der Waals surface area contributed by atoms with Crippen molar-refractivity contribution < 1.29 is 14.2 Å². The van der Waals surface area contributed by atoms with Gasteiger partial charge in [0.25, 0.3) is 0 Å². The lowest BCUT2D eigenvalue weighted by molar-refractivity contribution is -0.126. The van der Waals surface area contributed by atoms with Crippen LogP contribution < -0.4 is 4.74 Å². The molecule has 3 nitrogen and oxygen atoms in total. The number of ether oxygens (including phenoxy) is 1. The Hall–Kier alpha value is -1.91. The van der Waals surface area contributed by atoms with E-state index in [1.54, 1.807) is 13.2 Å². The number of likely N-dealkylation sites (tertiary alicyclic amines) is 1. The minimum atomic E-state index is -0.603. The molecule has 2 aromatic rings. The molecule has 4 rings (SSSR count). The van der Waals surface area contributed by atoms with Gasteiger partial charge < -0.3 is 9.84 Å². The van der Waals surface area contributed by atoms with E-state index >= 15 is 0 Å². The van der Waals surface area contributed by atoms with Gasteiger partial charge >= 0.3 is 0 Å². The van der Waals surface area contributed by atoms with Crippen molar-refractivity contribution in [1.82, 2.24) is 4.90 Å². The van der Waals surface area contributed by atoms with Crippen molar-refractivity contribution in [3.63, 3.8) is 0 Å². The minimum Gasteiger partial charge on any atom is -0.497 e. The first-order valence-corrected chi connectivity index (χ1v) is 9.94. The Morgan fingerprint density at radius 2 is 1.89 bits per heavy atom. The highest BCUT2D eigenvalue weighted by molar-refractivity contribution is 5.31. The zero-order valence-corrected chi connectivity index (χ0v) is 15.9. The second kappa shape index (κ2) is 7.61. The summed E-state index contributed by atoms with van der Waals surface area (Å²) in [6, 6.07) is 15.3. The van der Waals surface area contributed by atoms with E-state index in [9.17, 15) is 9.50 Å². The van der Waals surface area contributed by atoms with Crippen molar-refractivity contribution in [2.75, 3.05) is 13.7 Å². The quantitative estimate of drug-likeness (QED) is 0.848. The van der Waals surface area contributed by atoms with Gasteiger partial charge in [0.05, 0.1) is 12.7 Å². The van der Waals surface area contributed by atoms with Gasteiger partial charge in [-0.25, -0.2) is 4.39 Å². The van der Waals surface area contributed by atoms with Crippen LogP contribution >= 0.6 is 0 Å². The Balaban J connectivity index is 1.69. The lowest BCUT2D eigenvalue weighted by Gasteiger charge is -2.52. The highest BCUT2D eigenvalue weighted by atomic mass is 19.1. The fourth-order valence-electron chi connectivity index (χ4n) is 5.01. The summed E-state index contributed by atoms with van der Waals surface area (Å²) in [4.78, 5) is 2.35. The van der Waals surface area contributed by atoms with Gasteiger partial charge in [0.1, 0.15) is 11.6 Å². The molecule has 2 aromatic carbocycles. The van der Waals surface area contributed by atoms with E-state index in [1.807, 2.05) is 24.3 Å². The zero-order chi connectivity index (χ0) is 18.9. The lowest BCUT2D eigenvalue weighted by Crippen LogP contribution is -2.54. The van der Waals surface area contributed by atoms with Gasteiger partial charge in [0.2, 0.25) is 0 Å². The van der Waals surface area contributed by atoms with E-state index in [4.69, 9.17) is 4.74 Å². The maximum Gasteiger partial charge on any atom is 0.127 e. The summed E-state index contributed by atoms with van der Waals surface area (Å²) in [6.07, 6.45) is 4.89. The highest BCUT2D eigenvalue weighted by Crippen LogP contribution is 2.49. The van der Waals surface area contributed by atoms with Crippen LogP contribution in [0.1, 0.15) is 49.3 Å². The third kappa shape index (κ3) is 3.61. The summed E-state index contributed by atoms with van der Waals surface area (Å²) in [5.74, 6) is 0.852. The van der Waals surface area contributed by atoms with E-state index in [-0.39, 0.29) is 17.8 Å². The Bertz CT molecular complexity index is 778. The first-order valence-electron chi connectivity index (χ1n) is 9.94. The van der Waals surface area contributed by atoms with Crippen LogP contribution in [0.25, 0.3) is 0 Å². The highest BCUT2D eigenvalue weighted by Gasteiger charge is 2.48. The van der Waals surface area contributed by atoms with Crippen molar-refractivity contribution in [2.24, 2.45) is 5.92 Å². The van der Waals surface area contributed by atoms with Gasteiger partial charge in [-0.3, -0.25) is 4.90 Å².